The predicted molar refractivity (Wildman–Crippen MR) is 145 cm³/mol. The second-order valence-electron chi connectivity index (χ2n) is 10.2. The van der Waals surface area contributed by atoms with Crippen molar-refractivity contribution < 1.29 is 4.74 Å². The molecule has 1 rings (SSSR count). The summed E-state index contributed by atoms with van der Waals surface area (Å²) < 4.78 is 5.87. The van der Waals surface area contributed by atoms with E-state index in [1.54, 1.807) is 17.3 Å². The average Bonchev–Trinajstić information content (AvgIpc) is 2.80. The van der Waals surface area contributed by atoms with Gasteiger partial charge >= 0.3 is 0 Å². The molecular formula is C29H59OS+. The van der Waals surface area contributed by atoms with Gasteiger partial charge in [0.25, 0.3) is 0 Å². The summed E-state index contributed by atoms with van der Waals surface area (Å²) >= 11 is 0. The third-order valence-corrected chi connectivity index (χ3v) is 9.65. The summed E-state index contributed by atoms with van der Waals surface area (Å²) in [6.07, 6.45) is 32.2. The maximum atomic E-state index is 5.87. The summed E-state index contributed by atoms with van der Waals surface area (Å²) in [5.41, 5.74) is 0. The first-order chi connectivity index (χ1) is 15.4. The van der Waals surface area contributed by atoms with Crippen LogP contribution in [0.4, 0.5) is 0 Å². The van der Waals surface area contributed by atoms with Gasteiger partial charge in [0.1, 0.15) is 17.3 Å². The van der Waals surface area contributed by atoms with Crippen LogP contribution in [-0.2, 0) is 15.6 Å². The molecule has 0 saturated carbocycles. The molecule has 0 radical (unpaired) electrons. The average molecular weight is 456 g/mol. The molecule has 1 aliphatic heterocycles. The van der Waals surface area contributed by atoms with Crippen LogP contribution in [0.25, 0.3) is 0 Å². The van der Waals surface area contributed by atoms with Crippen LogP contribution in [0.3, 0.4) is 0 Å². The maximum absolute atomic E-state index is 5.87. The van der Waals surface area contributed by atoms with E-state index in [-0.39, 0.29) is 0 Å². The van der Waals surface area contributed by atoms with Crippen LogP contribution in [0.15, 0.2) is 0 Å². The van der Waals surface area contributed by atoms with E-state index in [1.165, 1.54) is 141 Å². The quantitative estimate of drug-likeness (QED) is 0.110. The molecule has 186 valence electrons. The lowest BCUT2D eigenvalue weighted by atomic mass is 10.0. The number of unbranched alkanes of at least 4 members (excludes halogenated alkanes) is 15. The molecule has 0 aliphatic carbocycles. The zero-order chi connectivity index (χ0) is 22.2. The van der Waals surface area contributed by atoms with Gasteiger partial charge in [-0.2, -0.15) is 0 Å². The van der Waals surface area contributed by atoms with Crippen molar-refractivity contribution in [2.75, 3.05) is 23.9 Å². The molecule has 0 amide bonds. The van der Waals surface area contributed by atoms with Gasteiger partial charge in [0.05, 0.1) is 6.10 Å². The van der Waals surface area contributed by atoms with Crippen molar-refractivity contribution >= 4 is 10.9 Å². The van der Waals surface area contributed by atoms with Crippen LogP contribution < -0.4 is 0 Å². The Morgan fingerprint density at radius 2 is 1.00 bits per heavy atom. The van der Waals surface area contributed by atoms with E-state index in [0.29, 0.717) is 6.10 Å². The van der Waals surface area contributed by atoms with Gasteiger partial charge in [0, 0.05) is 6.61 Å². The van der Waals surface area contributed by atoms with Crippen LogP contribution >= 0.6 is 0 Å². The molecule has 0 spiro atoms. The summed E-state index contributed by atoms with van der Waals surface area (Å²) in [7, 11) is 0.732. The lowest BCUT2D eigenvalue weighted by Crippen LogP contribution is -2.18. The standard InChI is InChI=1S/C29H59OS/c1-3-5-7-9-14-20-26-31(27-21-15-10-8-6-4-2)28-22-16-12-11-13-17-23-29-24-18-19-25-30-29/h29H,3-28H2,1-2H3/q+1. The van der Waals surface area contributed by atoms with Gasteiger partial charge in [-0.05, 0) is 75.1 Å². The first-order valence-electron chi connectivity index (χ1n) is 14.6. The van der Waals surface area contributed by atoms with Gasteiger partial charge in [-0.25, -0.2) is 0 Å². The van der Waals surface area contributed by atoms with Gasteiger partial charge < -0.3 is 4.74 Å². The van der Waals surface area contributed by atoms with Crippen LogP contribution in [0.5, 0.6) is 0 Å². The Labute approximate surface area is 200 Å². The van der Waals surface area contributed by atoms with Gasteiger partial charge in [-0.3, -0.25) is 0 Å². The summed E-state index contributed by atoms with van der Waals surface area (Å²) in [4.78, 5) is 0. The van der Waals surface area contributed by atoms with Crippen molar-refractivity contribution in [2.45, 2.75) is 161 Å². The van der Waals surface area contributed by atoms with Crippen LogP contribution in [0.2, 0.25) is 0 Å². The lowest BCUT2D eigenvalue weighted by molar-refractivity contribution is 0.00977. The largest absolute Gasteiger partial charge is 0.378 e. The molecule has 1 aliphatic rings. The molecule has 1 nitrogen and oxygen atoms in total. The third-order valence-electron chi connectivity index (χ3n) is 7.06. The summed E-state index contributed by atoms with van der Waals surface area (Å²) in [5.74, 6) is 4.63. The van der Waals surface area contributed by atoms with Crippen LogP contribution in [0, 0.1) is 0 Å². The molecule has 1 unspecified atom stereocenters. The summed E-state index contributed by atoms with van der Waals surface area (Å²) in [5, 5.41) is 0. The van der Waals surface area contributed by atoms with Crippen molar-refractivity contribution in [1.29, 1.82) is 0 Å². The Hall–Kier alpha value is 0.310. The molecular weight excluding hydrogens is 396 g/mol. The summed E-state index contributed by atoms with van der Waals surface area (Å²) in [6.45, 7) is 5.66. The fourth-order valence-electron chi connectivity index (χ4n) is 4.90. The van der Waals surface area contributed by atoms with E-state index < -0.39 is 0 Å². The highest BCUT2D eigenvalue weighted by Gasteiger charge is 2.17. The molecule has 0 aromatic heterocycles. The Morgan fingerprint density at radius 1 is 0.548 bits per heavy atom. The number of ether oxygens (including phenoxy) is 1. The molecule has 1 fully saturated rings. The normalized spacial score (nSPS) is 16.9. The van der Waals surface area contributed by atoms with Crippen molar-refractivity contribution in [1.82, 2.24) is 0 Å². The van der Waals surface area contributed by atoms with Crippen molar-refractivity contribution in [3.05, 3.63) is 0 Å². The highest BCUT2D eigenvalue weighted by Crippen LogP contribution is 2.19. The molecule has 2 heteroatoms. The molecule has 0 bridgehead atoms. The Morgan fingerprint density at radius 3 is 1.45 bits per heavy atom. The first-order valence-corrected chi connectivity index (χ1v) is 16.4. The minimum Gasteiger partial charge on any atom is -0.378 e. The molecule has 1 heterocycles. The monoisotopic (exact) mass is 455 g/mol. The smallest absolute Gasteiger partial charge is 0.108 e. The Kier molecular flexibility index (Phi) is 22.2. The zero-order valence-corrected chi connectivity index (χ0v) is 22.6. The Balaban J connectivity index is 2.03. The van der Waals surface area contributed by atoms with Crippen molar-refractivity contribution in [3.63, 3.8) is 0 Å². The van der Waals surface area contributed by atoms with E-state index in [2.05, 4.69) is 13.8 Å². The van der Waals surface area contributed by atoms with Gasteiger partial charge in [-0.1, -0.05) is 90.9 Å². The molecule has 31 heavy (non-hydrogen) atoms. The molecule has 0 aromatic carbocycles. The fraction of sp³-hybridized carbons (Fsp3) is 1.00. The minimum atomic E-state index is 0.597. The molecule has 1 saturated heterocycles. The predicted octanol–water partition coefficient (Wildman–Crippen LogP) is 9.63. The second kappa shape index (κ2) is 23.5. The highest BCUT2D eigenvalue weighted by atomic mass is 32.2. The van der Waals surface area contributed by atoms with Crippen LogP contribution in [0.1, 0.15) is 155 Å². The molecule has 1 atom stereocenters. The first kappa shape index (κ1) is 29.3. The zero-order valence-electron chi connectivity index (χ0n) is 21.8. The molecule has 0 N–H and O–H groups in total. The van der Waals surface area contributed by atoms with Gasteiger partial charge in [0.2, 0.25) is 0 Å². The van der Waals surface area contributed by atoms with E-state index in [0.717, 1.165) is 17.5 Å². The van der Waals surface area contributed by atoms with Crippen molar-refractivity contribution in [2.24, 2.45) is 0 Å². The lowest BCUT2D eigenvalue weighted by Gasteiger charge is -2.22. The minimum absolute atomic E-state index is 0.597. The van der Waals surface area contributed by atoms with Crippen molar-refractivity contribution in [3.8, 4) is 0 Å². The number of hydrogen-bond donors (Lipinski definition) is 0. The molecule has 0 aromatic rings. The van der Waals surface area contributed by atoms with E-state index >= 15 is 0 Å². The maximum Gasteiger partial charge on any atom is 0.108 e. The summed E-state index contributed by atoms with van der Waals surface area (Å²) in [6, 6.07) is 0. The number of hydrogen-bond acceptors (Lipinski definition) is 1. The number of rotatable bonds is 23. The second-order valence-corrected chi connectivity index (χ2v) is 12.6. The van der Waals surface area contributed by atoms with E-state index in [9.17, 15) is 0 Å². The van der Waals surface area contributed by atoms with Crippen LogP contribution in [-0.4, -0.2) is 30.0 Å². The Bertz CT molecular complexity index is 324. The van der Waals surface area contributed by atoms with Gasteiger partial charge in [0.15, 0.2) is 0 Å². The topological polar surface area (TPSA) is 9.23 Å². The van der Waals surface area contributed by atoms with E-state index in [1.807, 2.05) is 0 Å². The van der Waals surface area contributed by atoms with E-state index in [4.69, 9.17) is 4.74 Å². The fourth-order valence-corrected chi connectivity index (χ4v) is 7.35. The third kappa shape index (κ3) is 19.5. The van der Waals surface area contributed by atoms with Gasteiger partial charge in [-0.15, -0.1) is 0 Å². The SMILES string of the molecule is CCCCCCCC[S+](CCCCCCCC)CCCCCCCCC1CCCCO1. The highest BCUT2D eigenvalue weighted by molar-refractivity contribution is 7.96.